The summed E-state index contributed by atoms with van der Waals surface area (Å²) >= 11 is 0. The van der Waals surface area contributed by atoms with Gasteiger partial charge in [0.05, 0.1) is 26.4 Å². The highest BCUT2D eigenvalue weighted by Crippen LogP contribution is 2.45. The Kier molecular flexibility index (Phi) is 59.4. The van der Waals surface area contributed by atoms with Crippen LogP contribution in [-0.2, 0) is 65.4 Å². The minimum Gasteiger partial charge on any atom is -0.462 e. The number of aliphatic hydroxyl groups excluding tert-OH is 1. The van der Waals surface area contributed by atoms with Gasteiger partial charge < -0.3 is 33.8 Å². The van der Waals surface area contributed by atoms with Gasteiger partial charge in [-0.1, -0.05) is 299 Å². The molecule has 0 spiro atoms. The minimum absolute atomic E-state index is 0.102. The van der Waals surface area contributed by atoms with E-state index in [-0.39, 0.29) is 25.7 Å². The molecule has 0 amide bonds. The predicted octanol–water partition coefficient (Wildman–Crippen LogP) is 20.1. The molecule has 5 atom stereocenters. The summed E-state index contributed by atoms with van der Waals surface area (Å²) in [5.41, 5.74) is 0. The quantitative estimate of drug-likeness (QED) is 0.0222. The van der Waals surface area contributed by atoms with Crippen LogP contribution in [0.1, 0.15) is 351 Å². The van der Waals surface area contributed by atoms with Gasteiger partial charge in [-0.05, 0) is 49.4 Å². The first-order valence-corrected chi connectivity index (χ1v) is 39.7. The van der Waals surface area contributed by atoms with Crippen LogP contribution in [0.15, 0.2) is 0 Å². The molecule has 0 aliphatic carbocycles. The third-order valence-corrected chi connectivity index (χ3v) is 18.2. The third-order valence-electron chi connectivity index (χ3n) is 16.3. The van der Waals surface area contributed by atoms with Crippen LogP contribution < -0.4 is 0 Å². The van der Waals surface area contributed by atoms with Crippen LogP contribution in [0.3, 0.4) is 0 Å². The number of hydrogen-bond acceptors (Lipinski definition) is 15. The molecule has 0 aliphatic rings. The van der Waals surface area contributed by atoms with Crippen molar-refractivity contribution in [1.29, 1.82) is 0 Å². The molecular weight excluding hydrogens is 1190 g/mol. The molecule has 0 bridgehead atoms. The highest BCUT2D eigenvalue weighted by Gasteiger charge is 2.30. The van der Waals surface area contributed by atoms with Crippen LogP contribution in [0.2, 0.25) is 0 Å². The summed E-state index contributed by atoms with van der Waals surface area (Å²) in [4.78, 5) is 72.6. The van der Waals surface area contributed by atoms with Gasteiger partial charge in [-0.15, -0.1) is 0 Å². The SMILES string of the molecule is CC(C)CCCCCCCCCCCCCCC(=O)O[C@H](COC(=O)CCCCCCCCCCCCCC(C)C)COP(=O)(O)OCC(O)COP(=O)(O)OC[C@@H](COC(=O)CCCCCCCCCCC(C)C)OC(=O)CCCCCCCCCC(C)C. The first-order valence-electron chi connectivity index (χ1n) is 36.7. The van der Waals surface area contributed by atoms with Crippen LogP contribution >= 0.6 is 15.6 Å². The lowest BCUT2D eigenvalue weighted by molar-refractivity contribution is -0.161. The Hall–Kier alpha value is -1.94. The predicted molar refractivity (Wildman–Crippen MR) is 363 cm³/mol. The van der Waals surface area contributed by atoms with Crippen molar-refractivity contribution in [2.75, 3.05) is 39.6 Å². The van der Waals surface area contributed by atoms with E-state index in [4.69, 9.17) is 37.0 Å². The van der Waals surface area contributed by atoms with Gasteiger partial charge in [0, 0.05) is 25.7 Å². The summed E-state index contributed by atoms with van der Waals surface area (Å²) in [5, 5.41) is 10.6. The van der Waals surface area contributed by atoms with E-state index in [1.807, 2.05) is 0 Å². The van der Waals surface area contributed by atoms with Crippen molar-refractivity contribution in [1.82, 2.24) is 0 Å². The molecule has 0 aromatic carbocycles. The van der Waals surface area contributed by atoms with E-state index in [9.17, 15) is 43.2 Å². The number of carbonyl (C=O) groups excluding carboxylic acids is 4. The molecule has 0 fully saturated rings. The van der Waals surface area contributed by atoms with E-state index in [0.717, 1.165) is 108 Å². The fourth-order valence-electron chi connectivity index (χ4n) is 10.7. The number of unbranched alkanes of at least 4 members (excludes halogenated alkanes) is 34. The number of ether oxygens (including phenoxy) is 4. The Morgan fingerprint density at radius 1 is 0.278 bits per heavy atom. The summed E-state index contributed by atoms with van der Waals surface area (Å²) in [6, 6.07) is 0. The maximum atomic E-state index is 13.0. The van der Waals surface area contributed by atoms with Crippen LogP contribution in [0.25, 0.3) is 0 Å². The molecule has 0 aromatic heterocycles. The van der Waals surface area contributed by atoms with Crippen molar-refractivity contribution >= 4 is 39.5 Å². The Morgan fingerprint density at radius 2 is 0.467 bits per heavy atom. The highest BCUT2D eigenvalue weighted by atomic mass is 31.2. The molecule has 0 aromatic rings. The number of esters is 4. The van der Waals surface area contributed by atoms with Gasteiger partial charge >= 0.3 is 39.5 Å². The molecule has 3 N–H and O–H groups in total. The lowest BCUT2D eigenvalue weighted by atomic mass is 10.0. The van der Waals surface area contributed by atoms with E-state index in [2.05, 4.69) is 55.4 Å². The highest BCUT2D eigenvalue weighted by molar-refractivity contribution is 7.47. The number of hydrogen-bond donors (Lipinski definition) is 3. The number of carbonyl (C=O) groups is 4. The second kappa shape index (κ2) is 60.7. The first kappa shape index (κ1) is 88.1. The third kappa shape index (κ3) is 64.8. The van der Waals surface area contributed by atoms with Crippen molar-refractivity contribution in [2.45, 2.75) is 369 Å². The first-order chi connectivity index (χ1) is 43.1. The summed E-state index contributed by atoms with van der Waals surface area (Å²) in [6.45, 7) is 14.1. The van der Waals surface area contributed by atoms with Gasteiger partial charge in [0.2, 0.25) is 0 Å². The molecular formula is C71H138O17P2. The van der Waals surface area contributed by atoms with E-state index >= 15 is 0 Å². The molecule has 90 heavy (non-hydrogen) atoms. The molecule has 0 saturated heterocycles. The van der Waals surface area contributed by atoms with Crippen molar-refractivity contribution in [3.8, 4) is 0 Å². The standard InChI is InChI=1S/C71H138O17P2/c1-61(2)47-39-31-23-16-12-9-10-14-19-29-37-45-53-70(75)87-66(57-81-68(73)51-43-35-27-18-15-11-13-17-24-32-40-48-62(3)4)59-85-89(77,78)83-55-65(72)56-84-90(79,80)86-60-67(88-71(76)54-46-38-30-22-26-34-42-50-64(7)8)58-82-69(74)52-44-36-28-21-20-25-33-41-49-63(5)6/h61-67,72H,9-60H2,1-8H3,(H,77,78)(H,79,80)/t65?,66-,67-/m1/s1. The van der Waals surface area contributed by atoms with E-state index in [1.165, 1.54) is 154 Å². The molecule has 0 rings (SSSR count). The Labute approximate surface area is 549 Å². The molecule has 0 heterocycles. The lowest BCUT2D eigenvalue weighted by Crippen LogP contribution is -2.30. The second-order valence-corrected chi connectivity index (χ2v) is 30.4. The molecule has 17 nitrogen and oxygen atoms in total. The van der Waals surface area contributed by atoms with Gasteiger partial charge in [0.25, 0.3) is 0 Å². The van der Waals surface area contributed by atoms with Crippen molar-refractivity contribution in [3.05, 3.63) is 0 Å². The lowest BCUT2D eigenvalue weighted by Gasteiger charge is -2.21. The zero-order valence-corrected chi connectivity index (χ0v) is 60.6. The van der Waals surface area contributed by atoms with Gasteiger partial charge in [-0.2, -0.15) is 0 Å². The van der Waals surface area contributed by atoms with Gasteiger partial charge in [-0.25, -0.2) is 9.13 Å². The van der Waals surface area contributed by atoms with Crippen LogP contribution in [0, 0.1) is 23.7 Å². The zero-order valence-electron chi connectivity index (χ0n) is 58.8. The Balaban J connectivity index is 5.25. The normalized spacial score (nSPS) is 14.3. The molecule has 0 radical (unpaired) electrons. The van der Waals surface area contributed by atoms with Crippen LogP contribution in [0.4, 0.5) is 0 Å². The smallest absolute Gasteiger partial charge is 0.462 e. The Bertz CT molecular complexity index is 1780. The molecule has 534 valence electrons. The van der Waals surface area contributed by atoms with Crippen molar-refractivity contribution in [2.24, 2.45) is 23.7 Å². The molecule has 0 aliphatic heterocycles. The fraction of sp³-hybridized carbons (Fsp3) is 0.944. The van der Waals surface area contributed by atoms with Crippen molar-refractivity contribution in [3.63, 3.8) is 0 Å². The van der Waals surface area contributed by atoms with Crippen molar-refractivity contribution < 1.29 is 80.2 Å². The number of rotatable bonds is 68. The summed E-state index contributed by atoms with van der Waals surface area (Å²) in [5.74, 6) is 0.840. The number of phosphoric ester groups is 2. The van der Waals surface area contributed by atoms with E-state index in [0.29, 0.717) is 31.6 Å². The van der Waals surface area contributed by atoms with E-state index < -0.39 is 97.5 Å². The summed E-state index contributed by atoms with van der Waals surface area (Å²) < 4.78 is 68.3. The summed E-state index contributed by atoms with van der Waals surface area (Å²) in [7, 11) is -9.90. The second-order valence-electron chi connectivity index (χ2n) is 27.5. The molecule has 3 unspecified atom stereocenters. The topological polar surface area (TPSA) is 237 Å². The molecule has 19 heteroatoms. The van der Waals surface area contributed by atoms with Crippen LogP contribution in [0.5, 0.6) is 0 Å². The van der Waals surface area contributed by atoms with Gasteiger partial charge in [0.15, 0.2) is 12.2 Å². The Morgan fingerprint density at radius 3 is 0.689 bits per heavy atom. The number of phosphoric acid groups is 2. The zero-order chi connectivity index (χ0) is 66.8. The number of aliphatic hydroxyl groups is 1. The minimum atomic E-state index is -4.95. The van der Waals surface area contributed by atoms with Gasteiger partial charge in [-0.3, -0.25) is 37.3 Å². The largest absolute Gasteiger partial charge is 0.472 e. The van der Waals surface area contributed by atoms with Crippen LogP contribution in [-0.4, -0.2) is 96.7 Å². The average Bonchev–Trinajstić information content (AvgIpc) is 3.68. The summed E-state index contributed by atoms with van der Waals surface area (Å²) in [6.07, 6.45) is 43.1. The van der Waals surface area contributed by atoms with Gasteiger partial charge in [0.1, 0.15) is 19.3 Å². The monoisotopic (exact) mass is 1320 g/mol. The van der Waals surface area contributed by atoms with E-state index in [1.54, 1.807) is 0 Å². The maximum absolute atomic E-state index is 13.0. The maximum Gasteiger partial charge on any atom is 0.472 e. The molecule has 0 saturated carbocycles. The fourth-order valence-corrected chi connectivity index (χ4v) is 12.2. The average molecular weight is 1330 g/mol.